The Bertz CT molecular complexity index is 755. The van der Waals surface area contributed by atoms with Gasteiger partial charge in [-0.05, 0) is 49.4 Å². The lowest BCUT2D eigenvalue weighted by atomic mass is 9.95. The van der Waals surface area contributed by atoms with Crippen LogP contribution in [0.15, 0.2) is 28.7 Å². The van der Waals surface area contributed by atoms with Crippen LogP contribution in [0, 0.1) is 0 Å². The van der Waals surface area contributed by atoms with Gasteiger partial charge in [0, 0.05) is 14.9 Å². The van der Waals surface area contributed by atoms with Gasteiger partial charge in [0.25, 0.3) is 11.8 Å². The summed E-state index contributed by atoms with van der Waals surface area (Å²) in [6.45, 7) is 0. The molecule has 3 rings (SSSR count). The fourth-order valence-corrected chi connectivity index (χ4v) is 4.41. The molecule has 0 unspecified atom stereocenters. The molecule has 114 valence electrons. The third-order valence-electron chi connectivity index (χ3n) is 3.73. The SMILES string of the molecule is NC(=O)c1c(NC(=O)c2cccc(Br)c2)sc2c1CCCC2. The number of carbonyl (C=O) groups excluding carboxylic acids is 2. The summed E-state index contributed by atoms with van der Waals surface area (Å²) in [6.07, 6.45) is 3.98. The summed E-state index contributed by atoms with van der Waals surface area (Å²) in [7, 11) is 0. The normalized spacial score (nSPS) is 13.5. The van der Waals surface area contributed by atoms with Crippen molar-refractivity contribution in [1.29, 1.82) is 0 Å². The van der Waals surface area contributed by atoms with Gasteiger partial charge in [0.2, 0.25) is 0 Å². The first-order valence-electron chi connectivity index (χ1n) is 7.07. The zero-order chi connectivity index (χ0) is 15.7. The van der Waals surface area contributed by atoms with Gasteiger partial charge in [-0.15, -0.1) is 11.3 Å². The summed E-state index contributed by atoms with van der Waals surface area (Å²) < 4.78 is 0.834. The van der Waals surface area contributed by atoms with Crippen molar-refractivity contribution in [2.45, 2.75) is 25.7 Å². The number of rotatable bonds is 3. The highest BCUT2D eigenvalue weighted by atomic mass is 79.9. The average Bonchev–Trinajstić information content (AvgIpc) is 2.85. The maximum Gasteiger partial charge on any atom is 0.256 e. The van der Waals surface area contributed by atoms with Crippen LogP contribution in [0.2, 0.25) is 0 Å². The first-order chi connectivity index (χ1) is 10.6. The number of nitrogens with one attached hydrogen (secondary N) is 1. The number of amides is 2. The molecule has 6 heteroatoms. The van der Waals surface area contributed by atoms with Crippen LogP contribution in [0.4, 0.5) is 5.00 Å². The molecule has 1 aromatic heterocycles. The number of primary amides is 1. The Morgan fingerprint density at radius 2 is 2.00 bits per heavy atom. The summed E-state index contributed by atoms with van der Waals surface area (Å²) in [5, 5.41) is 3.42. The van der Waals surface area contributed by atoms with E-state index in [-0.39, 0.29) is 5.91 Å². The second-order valence-corrected chi connectivity index (χ2v) is 7.26. The van der Waals surface area contributed by atoms with Crippen molar-refractivity contribution >= 4 is 44.1 Å². The van der Waals surface area contributed by atoms with Crippen LogP contribution in [0.3, 0.4) is 0 Å². The molecule has 1 heterocycles. The highest BCUT2D eigenvalue weighted by Gasteiger charge is 2.25. The Kier molecular flexibility index (Phi) is 4.31. The largest absolute Gasteiger partial charge is 0.365 e. The van der Waals surface area contributed by atoms with E-state index < -0.39 is 5.91 Å². The standard InChI is InChI=1S/C16H15BrN2O2S/c17-10-5-3-4-9(8-10)15(21)19-16-13(14(18)20)11-6-1-2-7-12(11)22-16/h3-5,8H,1-2,6-7H2,(H2,18,20)(H,19,21). The molecule has 0 fully saturated rings. The van der Waals surface area contributed by atoms with Gasteiger partial charge in [-0.2, -0.15) is 0 Å². The molecule has 2 aromatic rings. The van der Waals surface area contributed by atoms with E-state index in [0.29, 0.717) is 16.1 Å². The zero-order valence-corrected chi connectivity index (χ0v) is 14.2. The van der Waals surface area contributed by atoms with Gasteiger partial charge in [0.1, 0.15) is 5.00 Å². The molecule has 0 atom stereocenters. The number of hydrogen-bond acceptors (Lipinski definition) is 3. The third-order valence-corrected chi connectivity index (χ3v) is 5.43. The van der Waals surface area contributed by atoms with E-state index in [1.54, 1.807) is 18.2 Å². The lowest BCUT2D eigenvalue weighted by molar-refractivity contribution is 0.100. The van der Waals surface area contributed by atoms with Crippen LogP contribution in [0.25, 0.3) is 0 Å². The van der Waals surface area contributed by atoms with Crippen LogP contribution < -0.4 is 11.1 Å². The van der Waals surface area contributed by atoms with Crippen molar-refractivity contribution in [3.8, 4) is 0 Å². The highest BCUT2D eigenvalue weighted by molar-refractivity contribution is 9.10. The topological polar surface area (TPSA) is 72.2 Å². The molecule has 0 aliphatic heterocycles. The Morgan fingerprint density at radius 1 is 1.23 bits per heavy atom. The number of halogens is 1. The molecule has 1 aromatic carbocycles. The second-order valence-electron chi connectivity index (χ2n) is 5.24. The van der Waals surface area contributed by atoms with Gasteiger partial charge < -0.3 is 11.1 Å². The van der Waals surface area contributed by atoms with Crippen LogP contribution in [-0.4, -0.2) is 11.8 Å². The smallest absolute Gasteiger partial charge is 0.256 e. The summed E-state index contributed by atoms with van der Waals surface area (Å²) in [6, 6.07) is 7.13. The van der Waals surface area contributed by atoms with Gasteiger partial charge in [-0.25, -0.2) is 0 Å². The molecule has 2 amide bonds. The van der Waals surface area contributed by atoms with E-state index in [0.717, 1.165) is 35.7 Å². The molecule has 3 N–H and O–H groups in total. The predicted octanol–water partition coefficient (Wildman–Crippen LogP) is 3.74. The molecule has 0 radical (unpaired) electrons. The summed E-state index contributed by atoms with van der Waals surface area (Å²) in [5.74, 6) is -0.702. The van der Waals surface area contributed by atoms with Crippen molar-refractivity contribution in [3.63, 3.8) is 0 Å². The van der Waals surface area contributed by atoms with Crippen LogP contribution in [0.1, 0.15) is 44.0 Å². The molecule has 0 spiro atoms. The second kappa shape index (κ2) is 6.22. The first kappa shape index (κ1) is 15.2. The first-order valence-corrected chi connectivity index (χ1v) is 8.68. The minimum absolute atomic E-state index is 0.234. The number of fused-ring (bicyclic) bond motifs is 1. The lowest BCUT2D eigenvalue weighted by Gasteiger charge is -2.11. The quantitative estimate of drug-likeness (QED) is 0.853. The summed E-state index contributed by atoms with van der Waals surface area (Å²) in [5.41, 5.74) is 7.58. The van der Waals surface area contributed by atoms with Crippen molar-refractivity contribution in [2.75, 3.05) is 5.32 Å². The van der Waals surface area contributed by atoms with E-state index >= 15 is 0 Å². The van der Waals surface area contributed by atoms with Gasteiger partial charge in [0.05, 0.1) is 5.56 Å². The van der Waals surface area contributed by atoms with Crippen molar-refractivity contribution < 1.29 is 9.59 Å². The number of benzene rings is 1. The Hall–Kier alpha value is -1.66. The van der Waals surface area contributed by atoms with Gasteiger partial charge in [0.15, 0.2) is 0 Å². The number of anilines is 1. The van der Waals surface area contributed by atoms with E-state index in [4.69, 9.17) is 5.73 Å². The molecule has 22 heavy (non-hydrogen) atoms. The summed E-state index contributed by atoms with van der Waals surface area (Å²) in [4.78, 5) is 25.3. The average molecular weight is 379 g/mol. The summed E-state index contributed by atoms with van der Waals surface area (Å²) >= 11 is 4.82. The predicted molar refractivity (Wildman–Crippen MR) is 91.6 cm³/mol. The number of carbonyl (C=O) groups is 2. The Labute approximate surface area is 140 Å². The molecule has 4 nitrogen and oxygen atoms in total. The fraction of sp³-hybridized carbons (Fsp3) is 0.250. The molecule has 0 bridgehead atoms. The highest BCUT2D eigenvalue weighted by Crippen LogP contribution is 2.38. The molecular formula is C16H15BrN2O2S. The van der Waals surface area contributed by atoms with Crippen LogP contribution >= 0.6 is 27.3 Å². The molecule has 0 saturated carbocycles. The fourth-order valence-electron chi connectivity index (χ4n) is 2.72. The monoisotopic (exact) mass is 378 g/mol. The van der Waals surface area contributed by atoms with Gasteiger partial charge >= 0.3 is 0 Å². The molecule has 0 saturated heterocycles. The van der Waals surface area contributed by atoms with E-state index in [2.05, 4.69) is 21.2 Å². The van der Waals surface area contributed by atoms with Crippen LogP contribution in [-0.2, 0) is 12.8 Å². The van der Waals surface area contributed by atoms with E-state index in [9.17, 15) is 9.59 Å². The molecule has 1 aliphatic carbocycles. The van der Waals surface area contributed by atoms with Crippen molar-refractivity contribution in [2.24, 2.45) is 5.73 Å². The van der Waals surface area contributed by atoms with Crippen LogP contribution in [0.5, 0.6) is 0 Å². The van der Waals surface area contributed by atoms with Gasteiger partial charge in [-0.3, -0.25) is 9.59 Å². The molecular weight excluding hydrogens is 364 g/mol. The lowest BCUT2D eigenvalue weighted by Crippen LogP contribution is -2.18. The number of aryl methyl sites for hydroxylation is 1. The van der Waals surface area contributed by atoms with E-state index in [1.165, 1.54) is 16.2 Å². The maximum atomic E-state index is 12.4. The zero-order valence-electron chi connectivity index (χ0n) is 11.8. The third kappa shape index (κ3) is 2.94. The Balaban J connectivity index is 1.93. The Morgan fingerprint density at radius 3 is 2.73 bits per heavy atom. The maximum absolute atomic E-state index is 12.4. The number of hydrogen-bond donors (Lipinski definition) is 2. The molecule has 1 aliphatic rings. The van der Waals surface area contributed by atoms with E-state index in [1.807, 2.05) is 6.07 Å². The number of nitrogens with two attached hydrogens (primary N) is 1. The van der Waals surface area contributed by atoms with Crippen molar-refractivity contribution in [3.05, 3.63) is 50.3 Å². The number of thiophene rings is 1. The minimum Gasteiger partial charge on any atom is -0.365 e. The van der Waals surface area contributed by atoms with Gasteiger partial charge in [-0.1, -0.05) is 22.0 Å². The minimum atomic E-state index is -0.469. The van der Waals surface area contributed by atoms with Crippen molar-refractivity contribution in [1.82, 2.24) is 0 Å².